The Balaban J connectivity index is 2.17. The minimum Gasteiger partial charge on any atom is -0.308 e. The minimum atomic E-state index is 0.507. The summed E-state index contributed by atoms with van der Waals surface area (Å²) >= 11 is 0. The van der Waals surface area contributed by atoms with E-state index in [0.717, 1.165) is 5.69 Å². The van der Waals surface area contributed by atoms with Gasteiger partial charge < -0.3 is 5.01 Å². The molecule has 3 nitrogen and oxygen atoms in total. The third-order valence-corrected chi connectivity index (χ3v) is 2.23. The molecule has 1 aliphatic rings. The summed E-state index contributed by atoms with van der Waals surface area (Å²) in [6, 6.07) is 9.94. The summed E-state index contributed by atoms with van der Waals surface area (Å²) in [5, 5.41) is 10.4. The van der Waals surface area contributed by atoms with Crippen LogP contribution in [0.4, 0.5) is 5.69 Å². The molecule has 0 bridgehead atoms. The number of nitrogens with two attached hydrogens (primary N) is 1. The van der Waals surface area contributed by atoms with Crippen LogP contribution in [0.3, 0.4) is 0 Å². The van der Waals surface area contributed by atoms with Gasteiger partial charge in [0.2, 0.25) is 0 Å². The van der Waals surface area contributed by atoms with Crippen LogP contribution in [0.1, 0.15) is 18.4 Å². The van der Waals surface area contributed by atoms with Crippen molar-refractivity contribution in [1.29, 1.82) is 5.26 Å². The van der Waals surface area contributed by atoms with Crippen molar-refractivity contribution in [2.45, 2.75) is 18.9 Å². The molecule has 1 saturated carbocycles. The fourth-order valence-electron chi connectivity index (χ4n) is 1.27. The number of rotatable bonds is 2. The highest BCUT2D eigenvalue weighted by Gasteiger charge is 2.27. The van der Waals surface area contributed by atoms with Gasteiger partial charge in [-0.05, 0) is 37.1 Å². The molecule has 1 aliphatic carbocycles. The first-order valence-electron chi connectivity index (χ1n) is 4.35. The highest BCUT2D eigenvalue weighted by molar-refractivity contribution is 5.49. The van der Waals surface area contributed by atoms with E-state index in [-0.39, 0.29) is 0 Å². The van der Waals surface area contributed by atoms with Crippen molar-refractivity contribution in [2.24, 2.45) is 5.84 Å². The predicted molar refractivity (Wildman–Crippen MR) is 50.8 cm³/mol. The van der Waals surface area contributed by atoms with Gasteiger partial charge in [0.15, 0.2) is 0 Å². The lowest BCUT2D eigenvalue weighted by Crippen LogP contribution is -2.32. The quantitative estimate of drug-likeness (QED) is 0.543. The number of nitrogens with zero attached hydrogens (tertiary/aromatic N) is 2. The summed E-state index contributed by atoms with van der Waals surface area (Å²) in [6.45, 7) is 0. The van der Waals surface area contributed by atoms with Gasteiger partial charge in [-0.25, -0.2) is 5.84 Å². The Kier molecular flexibility index (Phi) is 1.91. The van der Waals surface area contributed by atoms with E-state index in [2.05, 4.69) is 6.07 Å². The lowest BCUT2D eigenvalue weighted by Gasteiger charge is -2.17. The zero-order valence-electron chi connectivity index (χ0n) is 7.27. The van der Waals surface area contributed by atoms with Crippen LogP contribution in [0.15, 0.2) is 24.3 Å². The Hall–Kier alpha value is -1.53. The maximum Gasteiger partial charge on any atom is 0.0991 e. The molecular formula is C10H11N3. The zero-order valence-corrected chi connectivity index (χ0v) is 7.27. The monoisotopic (exact) mass is 173 g/mol. The van der Waals surface area contributed by atoms with Gasteiger partial charge in [-0.15, -0.1) is 0 Å². The molecule has 0 atom stereocenters. The number of hydrogen-bond donors (Lipinski definition) is 1. The van der Waals surface area contributed by atoms with Gasteiger partial charge in [-0.1, -0.05) is 0 Å². The van der Waals surface area contributed by atoms with Crippen LogP contribution >= 0.6 is 0 Å². The second-order valence-corrected chi connectivity index (χ2v) is 3.30. The summed E-state index contributed by atoms with van der Waals surface area (Å²) in [6.07, 6.45) is 2.35. The van der Waals surface area contributed by atoms with Gasteiger partial charge in [0.1, 0.15) is 0 Å². The number of hydrazine groups is 1. The molecule has 0 aliphatic heterocycles. The third kappa shape index (κ3) is 1.63. The van der Waals surface area contributed by atoms with Gasteiger partial charge >= 0.3 is 0 Å². The molecule has 0 saturated heterocycles. The van der Waals surface area contributed by atoms with Crippen molar-refractivity contribution in [2.75, 3.05) is 5.01 Å². The molecule has 0 heterocycles. The molecule has 3 heteroatoms. The van der Waals surface area contributed by atoms with Crippen LogP contribution in [0, 0.1) is 11.3 Å². The Bertz CT molecular complexity index is 332. The SMILES string of the molecule is N#Cc1ccc(N(N)C2CC2)cc1. The van der Waals surface area contributed by atoms with Gasteiger partial charge in [-0.2, -0.15) is 5.26 Å². The first-order valence-corrected chi connectivity index (χ1v) is 4.35. The summed E-state index contributed by atoms with van der Waals surface area (Å²) in [5.74, 6) is 5.84. The molecule has 0 amide bonds. The summed E-state index contributed by atoms with van der Waals surface area (Å²) in [4.78, 5) is 0. The van der Waals surface area contributed by atoms with Crippen molar-refractivity contribution < 1.29 is 0 Å². The number of nitriles is 1. The molecule has 66 valence electrons. The first-order chi connectivity index (χ1) is 6.31. The van der Waals surface area contributed by atoms with Crippen molar-refractivity contribution in [3.05, 3.63) is 29.8 Å². The lowest BCUT2D eigenvalue weighted by atomic mass is 10.2. The van der Waals surface area contributed by atoms with E-state index in [4.69, 9.17) is 11.1 Å². The van der Waals surface area contributed by atoms with Gasteiger partial charge in [-0.3, -0.25) is 0 Å². The largest absolute Gasteiger partial charge is 0.308 e. The van der Waals surface area contributed by atoms with Crippen LogP contribution in [0.25, 0.3) is 0 Å². The molecular weight excluding hydrogens is 162 g/mol. The summed E-state index contributed by atoms with van der Waals surface area (Å²) in [5.41, 5.74) is 1.66. The van der Waals surface area contributed by atoms with Gasteiger partial charge in [0, 0.05) is 6.04 Å². The molecule has 0 radical (unpaired) electrons. The van der Waals surface area contributed by atoms with Crippen molar-refractivity contribution in [3.63, 3.8) is 0 Å². The smallest absolute Gasteiger partial charge is 0.0991 e. The highest BCUT2D eigenvalue weighted by Crippen LogP contribution is 2.28. The second-order valence-electron chi connectivity index (χ2n) is 3.30. The third-order valence-electron chi connectivity index (χ3n) is 2.23. The normalized spacial score (nSPS) is 15.1. The van der Waals surface area contributed by atoms with E-state index in [1.807, 2.05) is 12.1 Å². The van der Waals surface area contributed by atoms with E-state index >= 15 is 0 Å². The topological polar surface area (TPSA) is 53.0 Å². The highest BCUT2D eigenvalue weighted by atomic mass is 15.4. The lowest BCUT2D eigenvalue weighted by molar-refractivity contribution is 0.847. The van der Waals surface area contributed by atoms with Crippen LogP contribution in [-0.2, 0) is 0 Å². The van der Waals surface area contributed by atoms with E-state index in [0.29, 0.717) is 11.6 Å². The zero-order chi connectivity index (χ0) is 9.26. The van der Waals surface area contributed by atoms with Crippen molar-refractivity contribution in [1.82, 2.24) is 0 Å². The first kappa shape index (κ1) is 8.09. The summed E-state index contributed by atoms with van der Waals surface area (Å²) in [7, 11) is 0. The van der Waals surface area contributed by atoms with Crippen molar-refractivity contribution >= 4 is 5.69 Å². The van der Waals surface area contributed by atoms with E-state index in [1.54, 1.807) is 17.1 Å². The predicted octanol–water partition coefficient (Wildman–Crippen LogP) is 1.40. The van der Waals surface area contributed by atoms with Crippen LogP contribution in [0.2, 0.25) is 0 Å². The maximum absolute atomic E-state index is 8.59. The molecule has 0 spiro atoms. The fraction of sp³-hybridized carbons (Fsp3) is 0.300. The molecule has 2 rings (SSSR count). The van der Waals surface area contributed by atoms with Crippen molar-refractivity contribution in [3.8, 4) is 6.07 Å². The number of hydrogen-bond acceptors (Lipinski definition) is 3. The minimum absolute atomic E-state index is 0.507. The van der Waals surface area contributed by atoms with Crippen LogP contribution in [0.5, 0.6) is 0 Å². The fourth-order valence-corrected chi connectivity index (χ4v) is 1.27. The van der Waals surface area contributed by atoms with E-state index in [1.165, 1.54) is 12.8 Å². The van der Waals surface area contributed by atoms with Gasteiger partial charge in [0.05, 0.1) is 17.3 Å². The number of benzene rings is 1. The Labute approximate surface area is 77.3 Å². The van der Waals surface area contributed by atoms with Crippen LogP contribution in [-0.4, -0.2) is 6.04 Å². The maximum atomic E-state index is 8.59. The standard InChI is InChI=1S/C10H11N3/c11-7-8-1-3-9(4-2-8)13(12)10-5-6-10/h1-4,10H,5-6,12H2. The molecule has 1 aromatic rings. The molecule has 2 N–H and O–H groups in total. The molecule has 1 fully saturated rings. The average Bonchev–Trinajstić information content (AvgIpc) is 3.00. The van der Waals surface area contributed by atoms with Gasteiger partial charge in [0.25, 0.3) is 0 Å². The van der Waals surface area contributed by atoms with E-state index < -0.39 is 0 Å². The molecule has 0 unspecified atom stereocenters. The number of anilines is 1. The second kappa shape index (κ2) is 3.08. The Morgan fingerprint density at radius 2 is 1.92 bits per heavy atom. The Morgan fingerprint density at radius 1 is 1.31 bits per heavy atom. The summed E-state index contributed by atoms with van der Waals surface area (Å²) < 4.78 is 0. The Morgan fingerprint density at radius 3 is 2.38 bits per heavy atom. The average molecular weight is 173 g/mol. The van der Waals surface area contributed by atoms with Crippen LogP contribution < -0.4 is 10.9 Å². The molecule has 1 aromatic carbocycles. The molecule has 0 aromatic heterocycles. The van der Waals surface area contributed by atoms with E-state index in [9.17, 15) is 0 Å². The molecule has 13 heavy (non-hydrogen) atoms.